The van der Waals surface area contributed by atoms with Crippen molar-refractivity contribution >= 4 is 38.3 Å². The van der Waals surface area contributed by atoms with Crippen molar-refractivity contribution in [2.45, 2.75) is 19.9 Å². The van der Waals surface area contributed by atoms with Crippen LogP contribution in [0.15, 0.2) is 34.1 Å². The standard InChI is InChI=1S/C14H16BrN3OS/c1-9(2)16-7-13(19)18-14-17-12(8-20-14)10-3-5-11(15)6-4-10/h3-6,8-9,16H,7H2,1-2H3,(H,17,18,19)/p+1. The molecule has 0 saturated heterocycles. The number of rotatable bonds is 5. The van der Waals surface area contributed by atoms with Gasteiger partial charge in [0.15, 0.2) is 11.7 Å². The average Bonchev–Trinajstić information content (AvgIpc) is 2.85. The third-order valence-electron chi connectivity index (χ3n) is 2.67. The third-order valence-corrected chi connectivity index (χ3v) is 3.95. The van der Waals surface area contributed by atoms with Gasteiger partial charge in [-0.05, 0) is 26.0 Å². The van der Waals surface area contributed by atoms with E-state index in [-0.39, 0.29) is 5.91 Å². The van der Waals surface area contributed by atoms with Gasteiger partial charge < -0.3 is 5.32 Å². The highest BCUT2D eigenvalue weighted by Crippen LogP contribution is 2.25. The Morgan fingerprint density at radius 2 is 2.10 bits per heavy atom. The van der Waals surface area contributed by atoms with E-state index in [9.17, 15) is 4.79 Å². The van der Waals surface area contributed by atoms with Crippen molar-refractivity contribution in [3.8, 4) is 11.3 Å². The fourth-order valence-electron chi connectivity index (χ4n) is 1.60. The Hall–Kier alpha value is -1.24. The maximum absolute atomic E-state index is 11.7. The second-order valence-electron chi connectivity index (χ2n) is 4.78. The highest BCUT2D eigenvalue weighted by atomic mass is 79.9. The van der Waals surface area contributed by atoms with Gasteiger partial charge in [0.1, 0.15) is 0 Å². The van der Waals surface area contributed by atoms with E-state index < -0.39 is 0 Å². The number of halogens is 1. The molecule has 3 N–H and O–H groups in total. The van der Waals surface area contributed by atoms with Gasteiger partial charge in [-0.1, -0.05) is 28.1 Å². The molecule has 106 valence electrons. The highest BCUT2D eigenvalue weighted by Gasteiger charge is 2.10. The molecule has 0 aliphatic carbocycles. The van der Waals surface area contributed by atoms with Gasteiger partial charge in [-0.15, -0.1) is 11.3 Å². The van der Waals surface area contributed by atoms with Gasteiger partial charge in [0, 0.05) is 15.4 Å². The molecule has 1 heterocycles. The molecule has 2 rings (SSSR count). The van der Waals surface area contributed by atoms with Crippen LogP contribution in [-0.2, 0) is 4.79 Å². The number of carbonyl (C=O) groups excluding carboxylic acids is 1. The molecule has 0 unspecified atom stereocenters. The van der Waals surface area contributed by atoms with Gasteiger partial charge in [0.05, 0.1) is 11.7 Å². The Labute approximate surface area is 130 Å². The van der Waals surface area contributed by atoms with Crippen LogP contribution in [0.1, 0.15) is 13.8 Å². The molecule has 0 aliphatic rings. The zero-order valence-electron chi connectivity index (χ0n) is 11.4. The number of benzene rings is 1. The average molecular weight is 355 g/mol. The van der Waals surface area contributed by atoms with Crippen LogP contribution < -0.4 is 10.6 Å². The number of hydrogen-bond acceptors (Lipinski definition) is 3. The van der Waals surface area contributed by atoms with E-state index in [4.69, 9.17) is 0 Å². The molecule has 6 heteroatoms. The Morgan fingerprint density at radius 1 is 1.40 bits per heavy atom. The first kappa shape index (κ1) is 15.2. The van der Waals surface area contributed by atoms with E-state index in [1.54, 1.807) is 0 Å². The minimum Gasteiger partial charge on any atom is -0.336 e. The lowest BCUT2D eigenvalue weighted by atomic mass is 10.2. The Morgan fingerprint density at radius 3 is 2.75 bits per heavy atom. The smallest absolute Gasteiger partial charge is 0.281 e. The van der Waals surface area contributed by atoms with Crippen molar-refractivity contribution in [2.75, 3.05) is 11.9 Å². The third kappa shape index (κ3) is 4.40. The second-order valence-corrected chi connectivity index (χ2v) is 6.55. The van der Waals surface area contributed by atoms with Gasteiger partial charge >= 0.3 is 0 Å². The zero-order valence-corrected chi connectivity index (χ0v) is 13.8. The summed E-state index contributed by atoms with van der Waals surface area (Å²) in [5.41, 5.74) is 1.92. The van der Waals surface area contributed by atoms with Gasteiger partial charge in [-0.3, -0.25) is 10.1 Å². The summed E-state index contributed by atoms with van der Waals surface area (Å²) in [6.45, 7) is 4.54. The van der Waals surface area contributed by atoms with Crippen molar-refractivity contribution < 1.29 is 10.1 Å². The second kappa shape index (κ2) is 6.97. The number of nitrogens with zero attached hydrogens (tertiary/aromatic N) is 1. The maximum atomic E-state index is 11.7. The first-order valence-corrected chi connectivity index (χ1v) is 8.06. The number of aromatic nitrogens is 1. The number of amides is 1. The summed E-state index contributed by atoms with van der Waals surface area (Å²) in [5.74, 6) is -0.0181. The summed E-state index contributed by atoms with van der Waals surface area (Å²) in [5, 5.41) is 7.40. The minimum atomic E-state index is -0.0181. The molecule has 0 bridgehead atoms. The van der Waals surface area contributed by atoms with Crippen molar-refractivity contribution in [2.24, 2.45) is 0 Å². The van der Waals surface area contributed by atoms with Gasteiger partial charge in [0.2, 0.25) is 0 Å². The number of anilines is 1. The van der Waals surface area contributed by atoms with Gasteiger partial charge in [-0.2, -0.15) is 0 Å². The van der Waals surface area contributed by atoms with Gasteiger partial charge in [-0.25, -0.2) is 4.98 Å². The summed E-state index contributed by atoms with van der Waals surface area (Å²) in [6.07, 6.45) is 0. The van der Waals surface area contributed by atoms with Crippen LogP contribution in [0.4, 0.5) is 5.13 Å². The summed E-state index contributed by atoms with van der Waals surface area (Å²) in [6, 6.07) is 8.36. The van der Waals surface area contributed by atoms with Crippen molar-refractivity contribution in [1.29, 1.82) is 0 Å². The SMILES string of the molecule is CC(C)[NH2+]CC(=O)Nc1nc(-c2ccc(Br)cc2)cs1. The van der Waals surface area contributed by atoms with Crippen molar-refractivity contribution in [3.05, 3.63) is 34.1 Å². The fraction of sp³-hybridized carbons (Fsp3) is 0.286. The van der Waals surface area contributed by atoms with Gasteiger partial charge in [0.25, 0.3) is 5.91 Å². The molecular formula is C14H17BrN3OS+. The molecule has 0 radical (unpaired) electrons. The highest BCUT2D eigenvalue weighted by molar-refractivity contribution is 9.10. The van der Waals surface area contributed by atoms with Crippen LogP contribution in [-0.4, -0.2) is 23.5 Å². The molecule has 1 amide bonds. The molecule has 2 aromatic rings. The number of thiazole rings is 1. The van der Waals surface area contributed by atoms with Crippen LogP contribution in [0, 0.1) is 0 Å². The van der Waals surface area contributed by atoms with Crippen molar-refractivity contribution in [1.82, 2.24) is 4.98 Å². The molecule has 1 aromatic carbocycles. The Balaban J connectivity index is 1.98. The maximum Gasteiger partial charge on any atom is 0.281 e. The molecule has 20 heavy (non-hydrogen) atoms. The molecule has 0 spiro atoms. The lowest BCUT2D eigenvalue weighted by Crippen LogP contribution is -2.90. The summed E-state index contributed by atoms with van der Waals surface area (Å²) < 4.78 is 1.04. The molecule has 0 aliphatic heterocycles. The molecule has 0 atom stereocenters. The monoisotopic (exact) mass is 354 g/mol. The van der Waals surface area contributed by atoms with Crippen LogP contribution in [0.3, 0.4) is 0 Å². The van der Waals surface area contributed by atoms with Crippen LogP contribution in [0.25, 0.3) is 11.3 Å². The molecule has 4 nitrogen and oxygen atoms in total. The quantitative estimate of drug-likeness (QED) is 0.866. The Kier molecular flexibility index (Phi) is 5.28. The summed E-state index contributed by atoms with van der Waals surface area (Å²) >= 11 is 4.85. The first-order chi connectivity index (χ1) is 9.54. The van der Waals surface area contributed by atoms with Crippen LogP contribution in [0.5, 0.6) is 0 Å². The fourth-order valence-corrected chi connectivity index (χ4v) is 2.60. The predicted molar refractivity (Wildman–Crippen MR) is 85.8 cm³/mol. The van der Waals surface area contributed by atoms with E-state index in [1.807, 2.05) is 35.0 Å². The molecule has 0 fully saturated rings. The predicted octanol–water partition coefficient (Wildman–Crippen LogP) is 2.48. The number of hydrogen-bond donors (Lipinski definition) is 2. The first-order valence-electron chi connectivity index (χ1n) is 6.39. The summed E-state index contributed by atoms with van der Waals surface area (Å²) in [4.78, 5) is 16.2. The van der Waals surface area contributed by atoms with E-state index in [1.165, 1.54) is 11.3 Å². The zero-order chi connectivity index (χ0) is 14.5. The van der Waals surface area contributed by atoms with E-state index in [0.717, 1.165) is 15.7 Å². The topological polar surface area (TPSA) is 58.6 Å². The number of carbonyl (C=O) groups is 1. The lowest BCUT2D eigenvalue weighted by Gasteiger charge is -2.04. The summed E-state index contributed by atoms with van der Waals surface area (Å²) in [7, 11) is 0. The Bertz CT molecular complexity index is 580. The van der Waals surface area contributed by atoms with E-state index in [0.29, 0.717) is 17.7 Å². The van der Waals surface area contributed by atoms with Crippen LogP contribution >= 0.6 is 27.3 Å². The molecule has 1 aromatic heterocycles. The number of quaternary nitrogens is 1. The lowest BCUT2D eigenvalue weighted by molar-refractivity contribution is -0.672. The largest absolute Gasteiger partial charge is 0.336 e. The van der Waals surface area contributed by atoms with Crippen molar-refractivity contribution in [3.63, 3.8) is 0 Å². The number of nitrogens with two attached hydrogens (primary N) is 1. The normalized spacial score (nSPS) is 10.8. The van der Waals surface area contributed by atoms with E-state index >= 15 is 0 Å². The van der Waals surface area contributed by atoms with Crippen LogP contribution in [0.2, 0.25) is 0 Å². The molecule has 0 saturated carbocycles. The molecular weight excluding hydrogens is 338 g/mol. The van der Waals surface area contributed by atoms with E-state index in [2.05, 4.69) is 40.1 Å². The minimum absolute atomic E-state index is 0.0181. The number of nitrogens with one attached hydrogen (secondary N) is 1.